The number of rotatable bonds is 2. The first kappa shape index (κ1) is 10.7. The minimum absolute atomic E-state index is 0.365. The summed E-state index contributed by atoms with van der Waals surface area (Å²) in [4.78, 5) is 4.48. The maximum Gasteiger partial charge on any atom is 0.206 e. The number of aliphatic imine (C=N–C) groups is 1. The molecule has 13 heavy (non-hydrogen) atoms. The van der Waals surface area contributed by atoms with E-state index < -0.39 is 0 Å². The zero-order valence-corrected chi connectivity index (χ0v) is 9.03. The van der Waals surface area contributed by atoms with E-state index in [9.17, 15) is 0 Å². The van der Waals surface area contributed by atoms with Gasteiger partial charge in [-0.3, -0.25) is 5.43 Å². The van der Waals surface area contributed by atoms with Gasteiger partial charge in [0, 0.05) is 11.8 Å². The van der Waals surface area contributed by atoms with Crippen LogP contribution in [-0.4, -0.2) is 29.5 Å². The third kappa shape index (κ3) is 3.87. The van der Waals surface area contributed by atoms with Gasteiger partial charge in [-0.1, -0.05) is 0 Å². The van der Waals surface area contributed by atoms with Crippen molar-refractivity contribution in [2.75, 3.05) is 11.5 Å². The van der Waals surface area contributed by atoms with Crippen LogP contribution in [0.1, 0.15) is 20.3 Å². The first-order valence-corrected chi connectivity index (χ1v) is 5.76. The Hall–Kier alpha value is -0.420. The summed E-state index contributed by atoms with van der Waals surface area (Å²) in [5, 5.41) is 3.16. The van der Waals surface area contributed by atoms with E-state index in [0.717, 1.165) is 12.2 Å². The highest BCUT2D eigenvalue weighted by molar-refractivity contribution is 7.99. The molecule has 1 heterocycles. The van der Waals surface area contributed by atoms with Crippen LogP contribution in [0, 0.1) is 0 Å². The van der Waals surface area contributed by atoms with Crippen molar-refractivity contribution in [1.29, 1.82) is 0 Å². The van der Waals surface area contributed by atoms with Gasteiger partial charge in [0.05, 0.1) is 6.04 Å². The SMILES string of the molecule is CC(C)NC(=NC1CCSC1)NN. The molecule has 0 saturated carbocycles. The third-order valence-corrected chi connectivity index (χ3v) is 2.92. The molecule has 1 saturated heterocycles. The Kier molecular flexibility index (Phi) is 4.38. The molecule has 76 valence electrons. The summed E-state index contributed by atoms with van der Waals surface area (Å²) in [5.74, 6) is 8.39. The fourth-order valence-electron chi connectivity index (χ4n) is 1.20. The topological polar surface area (TPSA) is 62.4 Å². The van der Waals surface area contributed by atoms with Gasteiger partial charge >= 0.3 is 0 Å². The van der Waals surface area contributed by atoms with Crippen molar-refractivity contribution < 1.29 is 0 Å². The fraction of sp³-hybridized carbons (Fsp3) is 0.875. The zero-order chi connectivity index (χ0) is 9.68. The Balaban J connectivity index is 2.43. The van der Waals surface area contributed by atoms with Gasteiger partial charge in [0.15, 0.2) is 0 Å². The van der Waals surface area contributed by atoms with Gasteiger partial charge in [0.1, 0.15) is 0 Å². The molecule has 0 aromatic carbocycles. The minimum atomic E-state index is 0.365. The van der Waals surface area contributed by atoms with E-state index in [4.69, 9.17) is 5.84 Å². The van der Waals surface area contributed by atoms with Gasteiger partial charge in [-0.05, 0) is 26.0 Å². The lowest BCUT2D eigenvalue weighted by atomic mass is 10.3. The Labute approximate surface area is 83.7 Å². The number of thioether (sulfide) groups is 1. The highest BCUT2D eigenvalue weighted by Gasteiger charge is 2.14. The number of nitrogens with zero attached hydrogens (tertiary/aromatic N) is 1. The molecule has 4 N–H and O–H groups in total. The van der Waals surface area contributed by atoms with Crippen molar-refractivity contribution >= 4 is 17.7 Å². The van der Waals surface area contributed by atoms with E-state index >= 15 is 0 Å². The summed E-state index contributed by atoms with van der Waals surface area (Å²) in [5.41, 5.74) is 2.59. The predicted molar refractivity (Wildman–Crippen MR) is 58.8 cm³/mol. The molecule has 4 nitrogen and oxygen atoms in total. The molecule has 1 aliphatic rings. The molecule has 0 bridgehead atoms. The fourth-order valence-corrected chi connectivity index (χ4v) is 2.31. The Morgan fingerprint density at radius 1 is 1.62 bits per heavy atom. The smallest absolute Gasteiger partial charge is 0.206 e. The number of nitrogens with two attached hydrogens (primary N) is 1. The van der Waals surface area contributed by atoms with Crippen molar-refractivity contribution in [2.45, 2.75) is 32.4 Å². The van der Waals surface area contributed by atoms with Crippen molar-refractivity contribution in [2.24, 2.45) is 10.8 Å². The third-order valence-electron chi connectivity index (χ3n) is 1.78. The van der Waals surface area contributed by atoms with Crippen LogP contribution in [0.5, 0.6) is 0 Å². The highest BCUT2D eigenvalue weighted by Crippen LogP contribution is 2.19. The Morgan fingerprint density at radius 2 is 2.38 bits per heavy atom. The van der Waals surface area contributed by atoms with E-state index in [0.29, 0.717) is 18.0 Å². The van der Waals surface area contributed by atoms with E-state index in [1.54, 1.807) is 0 Å². The molecule has 1 aliphatic heterocycles. The van der Waals surface area contributed by atoms with Crippen LogP contribution in [-0.2, 0) is 0 Å². The number of guanidine groups is 1. The average molecular weight is 202 g/mol. The molecule has 1 unspecified atom stereocenters. The first-order valence-electron chi connectivity index (χ1n) is 4.61. The molecule has 0 amide bonds. The van der Waals surface area contributed by atoms with Crippen LogP contribution in [0.2, 0.25) is 0 Å². The molecule has 0 aromatic rings. The lowest BCUT2D eigenvalue weighted by molar-refractivity contribution is 0.680. The second kappa shape index (κ2) is 5.34. The van der Waals surface area contributed by atoms with E-state index in [1.165, 1.54) is 5.75 Å². The van der Waals surface area contributed by atoms with Gasteiger partial charge in [-0.15, -0.1) is 0 Å². The van der Waals surface area contributed by atoms with Crippen LogP contribution < -0.4 is 16.6 Å². The molecular weight excluding hydrogens is 184 g/mol. The minimum Gasteiger partial charge on any atom is -0.353 e. The van der Waals surface area contributed by atoms with Gasteiger partial charge in [-0.2, -0.15) is 11.8 Å². The Morgan fingerprint density at radius 3 is 2.85 bits per heavy atom. The molecule has 0 aliphatic carbocycles. The lowest BCUT2D eigenvalue weighted by Crippen LogP contribution is -2.45. The summed E-state index contributed by atoms with van der Waals surface area (Å²) in [6, 6.07) is 0.797. The molecule has 0 spiro atoms. The van der Waals surface area contributed by atoms with Crippen LogP contribution in [0.3, 0.4) is 0 Å². The summed E-state index contributed by atoms with van der Waals surface area (Å²) < 4.78 is 0. The maximum atomic E-state index is 5.35. The quantitative estimate of drug-likeness (QED) is 0.261. The molecule has 1 rings (SSSR count). The largest absolute Gasteiger partial charge is 0.353 e. The van der Waals surface area contributed by atoms with E-state index in [1.807, 2.05) is 11.8 Å². The van der Waals surface area contributed by atoms with Crippen LogP contribution in [0.15, 0.2) is 4.99 Å². The van der Waals surface area contributed by atoms with Crippen molar-refractivity contribution in [1.82, 2.24) is 10.7 Å². The van der Waals surface area contributed by atoms with Crippen molar-refractivity contribution in [3.8, 4) is 0 Å². The summed E-state index contributed by atoms with van der Waals surface area (Å²) in [7, 11) is 0. The van der Waals surface area contributed by atoms with Gasteiger partial charge in [0.2, 0.25) is 5.96 Å². The van der Waals surface area contributed by atoms with Crippen molar-refractivity contribution in [3.63, 3.8) is 0 Å². The first-order chi connectivity index (χ1) is 6.22. The molecule has 0 aromatic heterocycles. The number of hydrogen-bond donors (Lipinski definition) is 3. The number of nitrogens with one attached hydrogen (secondary N) is 2. The highest BCUT2D eigenvalue weighted by atomic mass is 32.2. The molecule has 1 fully saturated rings. The summed E-state index contributed by atoms with van der Waals surface area (Å²) in [6.07, 6.45) is 1.16. The second-order valence-electron chi connectivity index (χ2n) is 3.44. The molecular formula is C8H18N4S. The Bertz CT molecular complexity index is 175. The lowest BCUT2D eigenvalue weighted by Gasteiger charge is -2.13. The van der Waals surface area contributed by atoms with Gasteiger partial charge in [0.25, 0.3) is 0 Å². The predicted octanol–water partition coefficient (Wildman–Crippen LogP) is 0.309. The normalized spacial score (nSPS) is 23.7. The molecule has 1 atom stereocenters. The van der Waals surface area contributed by atoms with E-state index in [2.05, 4.69) is 29.6 Å². The van der Waals surface area contributed by atoms with Gasteiger partial charge in [-0.25, -0.2) is 10.8 Å². The molecule has 0 radical (unpaired) electrons. The molecule has 5 heteroatoms. The van der Waals surface area contributed by atoms with Gasteiger partial charge < -0.3 is 5.32 Å². The summed E-state index contributed by atoms with van der Waals surface area (Å²) >= 11 is 1.95. The second-order valence-corrected chi connectivity index (χ2v) is 4.59. The maximum absolute atomic E-state index is 5.35. The monoisotopic (exact) mass is 202 g/mol. The van der Waals surface area contributed by atoms with Crippen LogP contribution >= 0.6 is 11.8 Å². The van der Waals surface area contributed by atoms with E-state index in [-0.39, 0.29) is 0 Å². The number of hydrazine groups is 1. The number of hydrogen-bond acceptors (Lipinski definition) is 3. The average Bonchev–Trinajstić information content (AvgIpc) is 2.55. The van der Waals surface area contributed by atoms with Crippen molar-refractivity contribution in [3.05, 3.63) is 0 Å². The van der Waals surface area contributed by atoms with Crippen LogP contribution in [0.4, 0.5) is 0 Å². The standard InChI is InChI=1S/C8H18N4S/c1-6(2)10-8(12-9)11-7-3-4-13-5-7/h6-7H,3-5,9H2,1-2H3,(H2,10,11,12). The summed E-state index contributed by atoms with van der Waals surface area (Å²) in [6.45, 7) is 4.13. The zero-order valence-electron chi connectivity index (χ0n) is 8.21. The van der Waals surface area contributed by atoms with Crippen LogP contribution in [0.25, 0.3) is 0 Å².